The molecular formula is C23H32N4S. The number of aromatic nitrogens is 2. The Kier molecular flexibility index (Phi) is 5.41. The molecule has 1 atom stereocenters. The van der Waals surface area contributed by atoms with Gasteiger partial charge in [-0.2, -0.15) is 0 Å². The fraction of sp³-hybridized carbons (Fsp3) is 0.565. The van der Waals surface area contributed by atoms with E-state index in [0.29, 0.717) is 11.5 Å². The molecule has 2 aromatic rings. The maximum Gasteiger partial charge on any atom is 0.147 e. The normalized spacial score (nSPS) is 22.0. The molecule has 1 saturated heterocycles. The van der Waals surface area contributed by atoms with E-state index in [-0.39, 0.29) is 5.41 Å². The van der Waals surface area contributed by atoms with Crippen LogP contribution in [0.1, 0.15) is 58.4 Å². The molecule has 2 aliphatic rings. The van der Waals surface area contributed by atoms with Gasteiger partial charge in [0.1, 0.15) is 10.8 Å². The molecular weight excluding hydrogens is 364 g/mol. The first-order chi connectivity index (χ1) is 13.4. The molecule has 2 N–H and O–H groups in total. The number of piperidine rings is 1. The minimum atomic E-state index is 0.113. The smallest absolute Gasteiger partial charge is 0.147 e. The molecule has 5 heteroatoms. The van der Waals surface area contributed by atoms with Crippen LogP contribution in [-0.2, 0) is 5.41 Å². The highest BCUT2D eigenvalue weighted by Gasteiger charge is 2.43. The topological polar surface area (TPSA) is 55.0 Å². The van der Waals surface area contributed by atoms with E-state index in [4.69, 9.17) is 15.7 Å². The third kappa shape index (κ3) is 3.92. The Morgan fingerprint density at radius 3 is 2.43 bits per heavy atom. The third-order valence-electron chi connectivity index (χ3n) is 6.58. The van der Waals surface area contributed by atoms with Crippen LogP contribution >= 0.6 is 11.8 Å². The predicted molar refractivity (Wildman–Crippen MR) is 117 cm³/mol. The summed E-state index contributed by atoms with van der Waals surface area (Å²) < 4.78 is 0. The summed E-state index contributed by atoms with van der Waals surface area (Å²) in [6.45, 7) is 8.84. The van der Waals surface area contributed by atoms with Gasteiger partial charge in [0.2, 0.25) is 0 Å². The number of rotatable bonds is 3. The van der Waals surface area contributed by atoms with Crippen LogP contribution in [0.2, 0.25) is 0 Å². The van der Waals surface area contributed by atoms with E-state index in [9.17, 15) is 0 Å². The van der Waals surface area contributed by atoms with Crippen LogP contribution in [0.3, 0.4) is 0 Å². The Morgan fingerprint density at radius 2 is 1.82 bits per heavy atom. The van der Waals surface area contributed by atoms with Gasteiger partial charge in [0.05, 0.1) is 12.4 Å². The Bertz CT molecular complexity index is 804. The first-order valence-electron chi connectivity index (χ1n) is 10.5. The fourth-order valence-electron chi connectivity index (χ4n) is 4.78. The van der Waals surface area contributed by atoms with E-state index in [0.717, 1.165) is 23.9 Å². The Balaban J connectivity index is 1.43. The van der Waals surface area contributed by atoms with Crippen LogP contribution in [0, 0.1) is 5.41 Å². The SMILES string of the molecule is CC(C)(C)c1ccccc1Sc1cnc(N2CCC3(CCC[C@H]3N)CC2)cn1. The second kappa shape index (κ2) is 7.68. The molecule has 4 rings (SSSR count). The summed E-state index contributed by atoms with van der Waals surface area (Å²) in [5.41, 5.74) is 8.26. The zero-order valence-electron chi connectivity index (χ0n) is 17.3. The quantitative estimate of drug-likeness (QED) is 0.789. The van der Waals surface area contributed by atoms with Gasteiger partial charge in [-0.15, -0.1) is 0 Å². The highest BCUT2D eigenvalue weighted by molar-refractivity contribution is 7.99. The molecule has 1 aromatic heterocycles. The summed E-state index contributed by atoms with van der Waals surface area (Å²) in [4.78, 5) is 13.1. The number of nitrogens with two attached hydrogens (primary N) is 1. The standard InChI is InChI=1S/C23H32N4S/c1-22(2,3)17-7-4-5-8-18(17)28-21-16-25-20(15-26-21)27-13-11-23(12-14-27)10-6-9-19(23)24/h4-5,7-8,15-16,19H,6,9-14,24H2,1-3H3/t19-/m1/s1. The number of benzene rings is 1. The average Bonchev–Trinajstić information content (AvgIpc) is 3.03. The van der Waals surface area contributed by atoms with Crippen LogP contribution in [-0.4, -0.2) is 29.1 Å². The number of anilines is 1. The number of hydrogen-bond donors (Lipinski definition) is 1. The van der Waals surface area contributed by atoms with E-state index < -0.39 is 0 Å². The van der Waals surface area contributed by atoms with Gasteiger partial charge in [-0.1, -0.05) is 57.2 Å². The Hall–Kier alpha value is -1.59. The average molecular weight is 397 g/mol. The summed E-state index contributed by atoms with van der Waals surface area (Å²) in [5, 5.41) is 0.951. The molecule has 0 bridgehead atoms. The van der Waals surface area contributed by atoms with Crippen molar-refractivity contribution in [1.29, 1.82) is 0 Å². The molecule has 150 valence electrons. The maximum absolute atomic E-state index is 6.42. The van der Waals surface area contributed by atoms with Crippen LogP contribution in [0.25, 0.3) is 0 Å². The van der Waals surface area contributed by atoms with Crippen LogP contribution in [0.15, 0.2) is 46.6 Å². The van der Waals surface area contributed by atoms with E-state index in [1.54, 1.807) is 11.8 Å². The second-order valence-electron chi connectivity index (χ2n) is 9.41. The van der Waals surface area contributed by atoms with Gasteiger partial charge in [-0.3, -0.25) is 0 Å². The largest absolute Gasteiger partial charge is 0.355 e. The van der Waals surface area contributed by atoms with Crippen molar-refractivity contribution in [2.45, 2.75) is 74.3 Å². The molecule has 0 radical (unpaired) electrons. The van der Waals surface area contributed by atoms with Crippen molar-refractivity contribution in [3.05, 3.63) is 42.2 Å². The molecule has 4 nitrogen and oxygen atoms in total. The third-order valence-corrected chi connectivity index (χ3v) is 7.58. The Morgan fingerprint density at radius 1 is 1.07 bits per heavy atom. The van der Waals surface area contributed by atoms with E-state index in [1.165, 1.54) is 42.6 Å². The van der Waals surface area contributed by atoms with Crippen molar-refractivity contribution in [1.82, 2.24) is 9.97 Å². The minimum absolute atomic E-state index is 0.113. The predicted octanol–water partition coefficient (Wildman–Crippen LogP) is 5.02. The van der Waals surface area contributed by atoms with Gasteiger partial charge >= 0.3 is 0 Å². The molecule has 1 saturated carbocycles. The van der Waals surface area contributed by atoms with Crippen molar-refractivity contribution in [2.75, 3.05) is 18.0 Å². The number of hydrogen-bond acceptors (Lipinski definition) is 5. The van der Waals surface area contributed by atoms with Crippen molar-refractivity contribution in [3.8, 4) is 0 Å². The zero-order valence-corrected chi connectivity index (χ0v) is 18.1. The summed E-state index contributed by atoms with van der Waals surface area (Å²) in [6.07, 6.45) is 10.0. The van der Waals surface area contributed by atoms with Gasteiger partial charge < -0.3 is 10.6 Å². The monoisotopic (exact) mass is 396 g/mol. The molecule has 1 aromatic carbocycles. The molecule has 1 aliphatic heterocycles. The van der Waals surface area contributed by atoms with E-state index in [2.05, 4.69) is 49.9 Å². The molecule has 0 unspecified atom stereocenters. The maximum atomic E-state index is 6.42. The lowest BCUT2D eigenvalue weighted by Crippen LogP contribution is -2.47. The summed E-state index contributed by atoms with van der Waals surface area (Å²) >= 11 is 1.70. The summed E-state index contributed by atoms with van der Waals surface area (Å²) in [7, 11) is 0. The minimum Gasteiger partial charge on any atom is -0.355 e. The summed E-state index contributed by atoms with van der Waals surface area (Å²) in [5.74, 6) is 0.995. The first kappa shape index (κ1) is 19.7. The fourth-order valence-corrected chi connectivity index (χ4v) is 5.85. The lowest BCUT2D eigenvalue weighted by molar-refractivity contribution is 0.197. The van der Waals surface area contributed by atoms with Gasteiger partial charge in [-0.05, 0) is 48.1 Å². The van der Waals surface area contributed by atoms with E-state index >= 15 is 0 Å². The van der Waals surface area contributed by atoms with Gasteiger partial charge in [-0.25, -0.2) is 9.97 Å². The first-order valence-corrected chi connectivity index (χ1v) is 11.3. The van der Waals surface area contributed by atoms with Gasteiger partial charge in [0.15, 0.2) is 0 Å². The second-order valence-corrected chi connectivity index (χ2v) is 10.5. The van der Waals surface area contributed by atoms with Crippen molar-refractivity contribution < 1.29 is 0 Å². The van der Waals surface area contributed by atoms with Crippen molar-refractivity contribution >= 4 is 17.6 Å². The van der Waals surface area contributed by atoms with Crippen LogP contribution < -0.4 is 10.6 Å². The van der Waals surface area contributed by atoms with Gasteiger partial charge in [0.25, 0.3) is 0 Å². The van der Waals surface area contributed by atoms with Gasteiger partial charge in [0, 0.05) is 24.0 Å². The molecule has 0 amide bonds. The lowest BCUT2D eigenvalue weighted by atomic mass is 9.74. The van der Waals surface area contributed by atoms with Crippen LogP contribution in [0.5, 0.6) is 0 Å². The molecule has 28 heavy (non-hydrogen) atoms. The molecule has 1 spiro atoms. The molecule has 2 fully saturated rings. The van der Waals surface area contributed by atoms with Crippen molar-refractivity contribution in [2.24, 2.45) is 11.1 Å². The van der Waals surface area contributed by atoms with E-state index in [1.807, 2.05) is 12.4 Å². The Labute approximate surface area is 173 Å². The highest BCUT2D eigenvalue weighted by Crippen LogP contribution is 2.45. The molecule has 1 aliphatic carbocycles. The molecule has 2 heterocycles. The lowest BCUT2D eigenvalue weighted by Gasteiger charge is -2.42. The zero-order chi connectivity index (χ0) is 19.8. The highest BCUT2D eigenvalue weighted by atomic mass is 32.2. The summed E-state index contributed by atoms with van der Waals surface area (Å²) in [6, 6.07) is 8.98. The number of nitrogens with zero attached hydrogens (tertiary/aromatic N) is 3. The van der Waals surface area contributed by atoms with Crippen LogP contribution in [0.4, 0.5) is 5.82 Å². The van der Waals surface area contributed by atoms with Crippen molar-refractivity contribution in [3.63, 3.8) is 0 Å².